The number of carbonyl (C=O) groups excluding carboxylic acids is 1. The molecule has 1 aliphatic rings. The van der Waals surface area contributed by atoms with Gasteiger partial charge in [0, 0.05) is 22.2 Å². The average Bonchev–Trinajstić information content (AvgIpc) is 3.64. The largest absolute Gasteiger partial charge is 0.494 e. The highest BCUT2D eigenvalue weighted by molar-refractivity contribution is 7.98. The van der Waals surface area contributed by atoms with E-state index in [1.165, 1.54) is 11.3 Å². The fourth-order valence-corrected chi connectivity index (χ4v) is 6.84. The average molecular weight is 651 g/mol. The quantitative estimate of drug-likeness (QED) is 0.133. The second kappa shape index (κ2) is 13.8. The molecular weight excluding hydrogens is 617 g/mol. The number of rotatable bonds is 10. The van der Waals surface area contributed by atoms with Gasteiger partial charge in [0.1, 0.15) is 11.4 Å². The summed E-state index contributed by atoms with van der Waals surface area (Å²) < 4.78 is 15.2. The van der Waals surface area contributed by atoms with Crippen LogP contribution in [0.5, 0.6) is 5.75 Å². The maximum atomic E-state index is 14.3. The third-order valence-electron chi connectivity index (χ3n) is 7.60. The van der Waals surface area contributed by atoms with Gasteiger partial charge in [0.25, 0.3) is 5.56 Å². The summed E-state index contributed by atoms with van der Waals surface area (Å²) in [6, 6.07) is 24.9. The molecule has 3 heterocycles. The van der Waals surface area contributed by atoms with Gasteiger partial charge >= 0.3 is 5.97 Å². The molecule has 3 aromatic carbocycles. The Balaban J connectivity index is 1.51. The van der Waals surface area contributed by atoms with E-state index in [0.29, 0.717) is 27.2 Å². The van der Waals surface area contributed by atoms with Crippen molar-refractivity contribution < 1.29 is 14.3 Å². The van der Waals surface area contributed by atoms with Crippen LogP contribution in [0.1, 0.15) is 44.4 Å². The number of thiazole rings is 1. The van der Waals surface area contributed by atoms with E-state index < -0.39 is 12.0 Å². The third-order valence-corrected chi connectivity index (χ3v) is 9.33. The van der Waals surface area contributed by atoms with E-state index in [0.717, 1.165) is 45.1 Å². The molecule has 1 atom stereocenters. The SMILES string of the molecule is CCCOc1ccc(-c2nn(-c3ccccc3)cc2C=c2sc3n(c2=O)C(c2ccc(SC)cc2)C(C(=O)OCC)=C(C)N=3)cc1. The number of nitrogens with zero attached hydrogens (tertiary/aromatic N) is 4. The molecular formula is C36H34N4O4S2. The number of benzene rings is 3. The molecule has 1 unspecified atom stereocenters. The fraction of sp³-hybridized carbons (Fsp3) is 0.222. The van der Waals surface area contributed by atoms with Crippen molar-refractivity contribution in [3.05, 3.63) is 127 Å². The number of fused-ring (bicyclic) bond motifs is 1. The van der Waals surface area contributed by atoms with Gasteiger partial charge in [0.2, 0.25) is 0 Å². The molecule has 0 radical (unpaired) electrons. The highest BCUT2D eigenvalue weighted by Gasteiger charge is 2.33. The predicted octanol–water partition coefficient (Wildman–Crippen LogP) is 6.16. The molecule has 10 heteroatoms. The van der Waals surface area contributed by atoms with E-state index in [1.54, 1.807) is 30.2 Å². The van der Waals surface area contributed by atoms with E-state index in [-0.39, 0.29) is 12.2 Å². The van der Waals surface area contributed by atoms with E-state index >= 15 is 0 Å². The predicted molar refractivity (Wildman–Crippen MR) is 183 cm³/mol. The standard InChI is InChI=1S/C36H34N4O4S2/c1-5-20-44-28-16-12-24(13-17-28)32-26(22-39(38-32)27-10-8-7-9-11-27)21-30-34(41)40-33(25-14-18-29(45-4)19-15-25)31(35(42)43-6-2)23(3)37-36(40)46-30/h7-19,21-22,33H,5-6,20H2,1-4H3. The Morgan fingerprint density at radius 2 is 1.76 bits per heavy atom. The molecule has 0 saturated heterocycles. The van der Waals surface area contributed by atoms with Crippen LogP contribution < -0.4 is 19.6 Å². The Morgan fingerprint density at radius 1 is 1.02 bits per heavy atom. The Morgan fingerprint density at radius 3 is 2.43 bits per heavy atom. The van der Waals surface area contributed by atoms with Crippen LogP contribution in [0.4, 0.5) is 0 Å². The highest BCUT2D eigenvalue weighted by Crippen LogP contribution is 2.32. The van der Waals surface area contributed by atoms with Gasteiger partial charge in [0.05, 0.1) is 40.7 Å². The van der Waals surface area contributed by atoms with E-state index in [9.17, 15) is 9.59 Å². The Hall–Kier alpha value is -4.67. The van der Waals surface area contributed by atoms with Gasteiger partial charge in [-0.3, -0.25) is 9.36 Å². The first-order chi connectivity index (χ1) is 22.4. The van der Waals surface area contributed by atoms with Gasteiger partial charge in [-0.2, -0.15) is 5.10 Å². The molecule has 0 bridgehead atoms. The molecule has 2 aromatic heterocycles. The van der Waals surface area contributed by atoms with Crippen molar-refractivity contribution in [3.63, 3.8) is 0 Å². The molecule has 8 nitrogen and oxygen atoms in total. The van der Waals surface area contributed by atoms with Crippen molar-refractivity contribution in [1.82, 2.24) is 14.3 Å². The maximum Gasteiger partial charge on any atom is 0.338 e. The Labute approximate surface area is 275 Å². The number of allylic oxidation sites excluding steroid dienone is 1. The number of thioether (sulfide) groups is 1. The van der Waals surface area contributed by atoms with Gasteiger partial charge in [0.15, 0.2) is 4.80 Å². The lowest BCUT2D eigenvalue weighted by atomic mass is 9.96. The first-order valence-corrected chi connectivity index (χ1v) is 17.2. The molecule has 0 fully saturated rings. The summed E-state index contributed by atoms with van der Waals surface area (Å²) in [5, 5.41) is 4.94. The number of para-hydroxylation sites is 1. The summed E-state index contributed by atoms with van der Waals surface area (Å²) in [4.78, 5) is 33.9. The molecule has 6 rings (SSSR count). The van der Waals surface area contributed by atoms with Gasteiger partial charge < -0.3 is 9.47 Å². The molecule has 5 aromatic rings. The lowest BCUT2D eigenvalue weighted by molar-refractivity contribution is -0.139. The first-order valence-electron chi connectivity index (χ1n) is 15.1. The van der Waals surface area contributed by atoms with Crippen molar-refractivity contribution in [2.24, 2.45) is 4.99 Å². The molecule has 0 N–H and O–H groups in total. The zero-order valence-corrected chi connectivity index (χ0v) is 27.7. The second-order valence-electron chi connectivity index (χ2n) is 10.7. The Bertz CT molecular complexity index is 2080. The fourth-order valence-electron chi connectivity index (χ4n) is 5.39. The third kappa shape index (κ3) is 6.23. The zero-order chi connectivity index (χ0) is 32.2. The smallest absolute Gasteiger partial charge is 0.338 e. The molecule has 0 spiro atoms. The van der Waals surface area contributed by atoms with E-state index in [4.69, 9.17) is 19.6 Å². The summed E-state index contributed by atoms with van der Waals surface area (Å²) in [7, 11) is 0. The topological polar surface area (TPSA) is 87.7 Å². The van der Waals surface area contributed by atoms with Gasteiger partial charge in [-0.15, -0.1) is 11.8 Å². The monoisotopic (exact) mass is 650 g/mol. The molecule has 1 aliphatic heterocycles. The summed E-state index contributed by atoms with van der Waals surface area (Å²) in [6.07, 6.45) is 6.73. The maximum absolute atomic E-state index is 14.3. The number of hydrogen-bond donors (Lipinski definition) is 0. The summed E-state index contributed by atoms with van der Waals surface area (Å²) in [5.41, 5.74) is 4.77. The second-order valence-corrected chi connectivity index (χ2v) is 12.6. The highest BCUT2D eigenvalue weighted by atomic mass is 32.2. The normalized spacial score (nSPS) is 14.6. The van der Waals surface area contributed by atoms with Gasteiger partial charge in [-0.1, -0.05) is 48.6 Å². The van der Waals surface area contributed by atoms with Crippen LogP contribution in [0.2, 0.25) is 0 Å². The van der Waals surface area contributed by atoms with Crippen LogP contribution in [-0.4, -0.2) is 39.8 Å². The Kier molecular flexibility index (Phi) is 9.37. The van der Waals surface area contributed by atoms with Crippen LogP contribution in [0, 0.1) is 0 Å². The van der Waals surface area contributed by atoms with E-state index in [2.05, 4.69) is 6.92 Å². The molecule has 0 aliphatic carbocycles. The van der Waals surface area contributed by atoms with E-state index in [1.807, 2.05) is 102 Å². The minimum Gasteiger partial charge on any atom is -0.494 e. The number of carbonyl (C=O) groups is 1. The number of aromatic nitrogens is 3. The summed E-state index contributed by atoms with van der Waals surface area (Å²) in [5.74, 6) is 0.316. The first kappa shape index (κ1) is 31.3. The number of esters is 1. The van der Waals surface area contributed by atoms with Crippen molar-refractivity contribution in [3.8, 4) is 22.7 Å². The number of ether oxygens (including phenoxy) is 2. The van der Waals surface area contributed by atoms with Crippen LogP contribution in [0.25, 0.3) is 23.0 Å². The van der Waals surface area contributed by atoms with Crippen molar-refractivity contribution in [2.45, 2.75) is 38.1 Å². The molecule has 234 valence electrons. The van der Waals surface area contributed by atoms with Gasteiger partial charge in [-0.25, -0.2) is 14.5 Å². The molecule has 0 amide bonds. The van der Waals surface area contributed by atoms with Gasteiger partial charge in [-0.05, 0) is 86.7 Å². The number of hydrogen-bond acceptors (Lipinski definition) is 8. The minimum absolute atomic E-state index is 0.220. The summed E-state index contributed by atoms with van der Waals surface area (Å²) >= 11 is 2.92. The lowest BCUT2D eigenvalue weighted by Crippen LogP contribution is -2.39. The zero-order valence-electron chi connectivity index (χ0n) is 26.1. The van der Waals surface area contributed by atoms with Crippen molar-refractivity contribution >= 4 is 35.1 Å². The van der Waals surface area contributed by atoms with Crippen LogP contribution >= 0.6 is 23.1 Å². The van der Waals surface area contributed by atoms with Crippen molar-refractivity contribution in [2.75, 3.05) is 19.5 Å². The minimum atomic E-state index is -0.671. The van der Waals surface area contributed by atoms with Crippen LogP contribution in [0.15, 0.2) is 111 Å². The van der Waals surface area contributed by atoms with Crippen LogP contribution in [-0.2, 0) is 9.53 Å². The molecule has 0 saturated carbocycles. The lowest BCUT2D eigenvalue weighted by Gasteiger charge is -2.24. The van der Waals surface area contributed by atoms with Crippen LogP contribution in [0.3, 0.4) is 0 Å². The molecule has 46 heavy (non-hydrogen) atoms. The summed E-state index contributed by atoms with van der Waals surface area (Å²) in [6.45, 7) is 6.50. The van der Waals surface area contributed by atoms with Crippen molar-refractivity contribution in [1.29, 1.82) is 0 Å².